The highest BCUT2D eigenvalue weighted by atomic mass is 32.2. The normalized spacial score (nSPS) is 17.2. The lowest BCUT2D eigenvalue weighted by Gasteiger charge is -2.32. The van der Waals surface area contributed by atoms with E-state index < -0.39 is 9.84 Å². The summed E-state index contributed by atoms with van der Waals surface area (Å²) in [6.07, 6.45) is 5.70. The minimum Gasteiger partial charge on any atom is -0.490 e. The fraction of sp³-hybridized carbons (Fsp3) is 0.387. The van der Waals surface area contributed by atoms with Gasteiger partial charge >= 0.3 is 0 Å². The zero-order chi connectivity index (χ0) is 28.8. The predicted octanol–water partition coefficient (Wildman–Crippen LogP) is 3.56. The van der Waals surface area contributed by atoms with Crippen LogP contribution < -0.4 is 10.1 Å². The van der Waals surface area contributed by atoms with Crippen molar-refractivity contribution in [1.29, 1.82) is 0 Å². The van der Waals surface area contributed by atoms with E-state index in [0.717, 1.165) is 32.5 Å². The third-order valence-corrected chi connectivity index (χ3v) is 8.83. The van der Waals surface area contributed by atoms with E-state index in [-0.39, 0.29) is 28.9 Å². The average molecular weight is 577 g/mol. The maximum Gasteiger partial charge on any atom is 0.270 e. The molecule has 1 aromatic heterocycles. The van der Waals surface area contributed by atoms with Crippen LogP contribution in [0.4, 0.5) is 0 Å². The number of aromatic nitrogens is 1. The number of ether oxygens (including phenoxy) is 1. The molecule has 2 fully saturated rings. The summed E-state index contributed by atoms with van der Waals surface area (Å²) < 4.78 is 29.3. The highest BCUT2D eigenvalue weighted by molar-refractivity contribution is 7.90. The van der Waals surface area contributed by atoms with Crippen molar-refractivity contribution >= 4 is 21.7 Å². The fourth-order valence-electron chi connectivity index (χ4n) is 5.31. The van der Waals surface area contributed by atoms with Gasteiger partial charge in [-0.15, -0.1) is 0 Å². The van der Waals surface area contributed by atoms with Crippen LogP contribution in [0.3, 0.4) is 0 Å². The van der Waals surface area contributed by atoms with Crippen molar-refractivity contribution in [2.75, 3.05) is 32.4 Å². The van der Waals surface area contributed by atoms with Crippen molar-refractivity contribution in [1.82, 2.24) is 20.1 Å². The number of rotatable bonds is 8. The standard InChI is InChI=1S/C31H36N4O5S/c1-41(38,39)28-10-8-26(9-11-28)40-27-15-19-35(20-16-27)31(37)24-7-12-29(32-21-24)30(36)33-25-13-17-34(18-14-25)22-23-5-3-2-4-6-23/h2-12,21,25,27H,13-20,22H2,1H3,(H,33,36). The topological polar surface area (TPSA) is 109 Å². The molecule has 216 valence electrons. The Hall–Kier alpha value is -3.76. The Kier molecular flexibility index (Phi) is 8.99. The van der Waals surface area contributed by atoms with E-state index in [0.29, 0.717) is 42.9 Å². The molecule has 10 heteroatoms. The van der Waals surface area contributed by atoms with Gasteiger partial charge in [0, 0.05) is 64.1 Å². The monoisotopic (exact) mass is 576 g/mol. The second-order valence-electron chi connectivity index (χ2n) is 10.8. The van der Waals surface area contributed by atoms with Gasteiger partial charge in [-0.3, -0.25) is 19.5 Å². The predicted molar refractivity (Wildman–Crippen MR) is 156 cm³/mol. The summed E-state index contributed by atoms with van der Waals surface area (Å²) in [6, 6.07) is 20.2. The number of nitrogens with zero attached hydrogens (tertiary/aromatic N) is 3. The molecule has 0 spiro atoms. The molecule has 5 rings (SSSR count). The summed E-state index contributed by atoms with van der Waals surface area (Å²) in [6.45, 7) is 3.85. The van der Waals surface area contributed by atoms with Gasteiger partial charge in [0.25, 0.3) is 11.8 Å². The van der Waals surface area contributed by atoms with Gasteiger partial charge in [0.15, 0.2) is 9.84 Å². The van der Waals surface area contributed by atoms with E-state index in [9.17, 15) is 18.0 Å². The first kappa shape index (κ1) is 28.8. The number of benzene rings is 2. The van der Waals surface area contributed by atoms with Crippen molar-refractivity contribution in [3.63, 3.8) is 0 Å². The molecule has 2 aromatic carbocycles. The molecule has 0 saturated carbocycles. The Bertz CT molecular complexity index is 1430. The molecule has 0 aliphatic carbocycles. The Morgan fingerprint density at radius 2 is 1.59 bits per heavy atom. The molecule has 2 aliphatic heterocycles. The summed E-state index contributed by atoms with van der Waals surface area (Å²) in [5.74, 6) is 0.275. The maximum absolute atomic E-state index is 13.0. The van der Waals surface area contributed by atoms with Crippen LogP contribution in [0.25, 0.3) is 0 Å². The zero-order valence-electron chi connectivity index (χ0n) is 23.2. The molecule has 0 atom stereocenters. The van der Waals surface area contributed by atoms with Crippen LogP contribution in [-0.4, -0.2) is 79.6 Å². The van der Waals surface area contributed by atoms with Gasteiger partial charge in [0.2, 0.25) is 0 Å². The number of carbonyl (C=O) groups excluding carboxylic acids is 2. The number of hydrogen-bond acceptors (Lipinski definition) is 7. The van der Waals surface area contributed by atoms with Gasteiger partial charge in [-0.2, -0.15) is 0 Å². The van der Waals surface area contributed by atoms with Gasteiger partial charge in [0.1, 0.15) is 17.5 Å². The van der Waals surface area contributed by atoms with E-state index in [4.69, 9.17) is 4.74 Å². The van der Waals surface area contributed by atoms with Crippen molar-refractivity contribution in [3.05, 3.63) is 89.7 Å². The molecule has 0 bridgehead atoms. The molecule has 0 unspecified atom stereocenters. The van der Waals surface area contributed by atoms with Gasteiger partial charge in [-0.25, -0.2) is 8.42 Å². The van der Waals surface area contributed by atoms with E-state index in [1.807, 2.05) is 6.07 Å². The smallest absolute Gasteiger partial charge is 0.270 e. The lowest BCUT2D eigenvalue weighted by atomic mass is 10.0. The van der Waals surface area contributed by atoms with Crippen LogP contribution in [0.2, 0.25) is 0 Å². The third-order valence-electron chi connectivity index (χ3n) is 7.70. The molecule has 2 aliphatic rings. The number of nitrogens with one attached hydrogen (secondary N) is 1. The first-order chi connectivity index (χ1) is 19.7. The number of piperidine rings is 2. The second-order valence-corrected chi connectivity index (χ2v) is 12.8. The largest absolute Gasteiger partial charge is 0.490 e. The quantitative estimate of drug-likeness (QED) is 0.437. The minimum atomic E-state index is -3.25. The van der Waals surface area contributed by atoms with E-state index >= 15 is 0 Å². The lowest BCUT2D eigenvalue weighted by Crippen LogP contribution is -2.44. The first-order valence-electron chi connectivity index (χ1n) is 14.0. The molecular formula is C31H36N4O5S. The number of likely N-dealkylation sites (tertiary alicyclic amines) is 2. The molecule has 3 aromatic rings. The van der Waals surface area contributed by atoms with Gasteiger partial charge in [-0.1, -0.05) is 30.3 Å². The molecule has 0 radical (unpaired) electrons. The van der Waals surface area contributed by atoms with Gasteiger partial charge < -0.3 is 15.0 Å². The Labute approximate surface area is 241 Å². The van der Waals surface area contributed by atoms with Gasteiger partial charge in [0.05, 0.1) is 10.5 Å². The molecule has 2 amide bonds. The van der Waals surface area contributed by atoms with Crippen LogP contribution in [0.15, 0.2) is 77.8 Å². The highest BCUT2D eigenvalue weighted by Crippen LogP contribution is 2.22. The van der Waals surface area contributed by atoms with Crippen molar-refractivity contribution in [2.24, 2.45) is 0 Å². The number of sulfone groups is 1. The molecule has 2 saturated heterocycles. The average Bonchev–Trinajstić information content (AvgIpc) is 2.99. The zero-order valence-corrected chi connectivity index (χ0v) is 24.1. The molecule has 3 heterocycles. The number of carbonyl (C=O) groups is 2. The van der Waals surface area contributed by atoms with E-state index in [2.05, 4.69) is 39.5 Å². The lowest BCUT2D eigenvalue weighted by molar-refractivity contribution is 0.0594. The Balaban J connectivity index is 1.06. The summed E-state index contributed by atoms with van der Waals surface area (Å²) in [7, 11) is -3.25. The number of pyridine rings is 1. The van der Waals surface area contributed by atoms with Crippen molar-refractivity contribution < 1.29 is 22.7 Å². The van der Waals surface area contributed by atoms with Crippen LogP contribution in [-0.2, 0) is 16.4 Å². The first-order valence-corrected chi connectivity index (χ1v) is 15.9. The summed E-state index contributed by atoms with van der Waals surface area (Å²) in [5.41, 5.74) is 2.05. The second kappa shape index (κ2) is 12.8. The van der Waals surface area contributed by atoms with Crippen molar-refractivity contribution in [3.8, 4) is 5.75 Å². The van der Waals surface area contributed by atoms with Crippen LogP contribution in [0, 0.1) is 0 Å². The molecule has 41 heavy (non-hydrogen) atoms. The Morgan fingerprint density at radius 1 is 0.902 bits per heavy atom. The minimum absolute atomic E-state index is 0.0578. The fourth-order valence-corrected chi connectivity index (χ4v) is 5.94. The highest BCUT2D eigenvalue weighted by Gasteiger charge is 2.26. The van der Waals surface area contributed by atoms with Crippen LogP contribution in [0.5, 0.6) is 5.75 Å². The Morgan fingerprint density at radius 3 is 2.20 bits per heavy atom. The third kappa shape index (κ3) is 7.71. The van der Waals surface area contributed by atoms with Crippen LogP contribution >= 0.6 is 0 Å². The number of amides is 2. The van der Waals surface area contributed by atoms with E-state index in [1.165, 1.54) is 30.1 Å². The maximum atomic E-state index is 13.0. The van der Waals surface area contributed by atoms with E-state index in [1.54, 1.807) is 29.2 Å². The van der Waals surface area contributed by atoms with Crippen molar-refractivity contribution in [2.45, 2.75) is 49.3 Å². The summed E-state index contributed by atoms with van der Waals surface area (Å²) in [5, 5.41) is 3.10. The molecular weight excluding hydrogens is 540 g/mol. The van der Waals surface area contributed by atoms with Crippen LogP contribution in [0.1, 0.15) is 52.1 Å². The summed E-state index contributed by atoms with van der Waals surface area (Å²) >= 11 is 0. The molecule has 1 N–H and O–H groups in total. The molecule has 9 nitrogen and oxygen atoms in total. The SMILES string of the molecule is CS(=O)(=O)c1ccc(OC2CCN(C(=O)c3ccc(C(=O)NC4CCN(Cc5ccccc5)CC4)nc3)CC2)cc1. The summed E-state index contributed by atoms with van der Waals surface area (Å²) in [4.78, 5) is 34.6. The van der Waals surface area contributed by atoms with Gasteiger partial charge in [-0.05, 0) is 54.8 Å². The number of hydrogen-bond donors (Lipinski definition) is 1.